The molecule has 2 N–H and O–H groups in total. The highest BCUT2D eigenvalue weighted by Crippen LogP contribution is 2.54. The number of rotatable bonds is 8. The molecule has 1 spiro atoms. The van der Waals surface area contributed by atoms with E-state index in [1.54, 1.807) is 13.3 Å². The molecule has 1 saturated heterocycles. The van der Waals surface area contributed by atoms with Crippen molar-refractivity contribution in [3.05, 3.63) is 59.8 Å². The number of hydrogen-bond acceptors (Lipinski definition) is 9. The average molecular weight is 615 g/mol. The van der Waals surface area contributed by atoms with Crippen molar-refractivity contribution < 1.29 is 14.1 Å². The van der Waals surface area contributed by atoms with Crippen LogP contribution < -0.4 is 20.8 Å². The second-order valence-electron chi connectivity index (χ2n) is 13.7. The maximum absolute atomic E-state index is 12.8. The molecule has 0 radical (unpaired) electrons. The maximum atomic E-state index is 12.8. The Morgan fingerprint density at radius 3 is 2.48 bits per heavy atom. The number of hydrogen-bond donors (Lipinski definition) is 2. The first-order valence-corrected chi connectivity index (χ1v) is 17.9. The van der Waals surface area contributed by atoms with Crippen LogP contribution in [0.3, 0.4) is 0 Å². The first-order chi connectivity index (χ1) is 20.7. The zero-order valence-corrected chi connectivity index (χ0v) is 27.5. The van der Waals surface area contributed by atoms with Crippen molar-refractivity contribution in [2.24, 2.45) is 11.3 Å². The zero-order valence-electron chi connectivity index (χ0n) is 26.6. The summed E-state index contributed by atoms with van der Waals surface area (Å²) in [6.45, 7) is 13.3. The van der Waals surface area contributed by atoms with Crippen molar-refractivity contribution in [1.29, 1.82) is 5.26 Å². The molecule has 0 unspecified atom stereocenters. The fraction of sp³-hybridized carbons (Fsp3) is 0.471. The highest BCUT2D eigenvalue weighted by molar-refractivity contribution is 7.70. The summed E-state index contributed by atoms with van der Waals surface area (Å²) in [6.07, 6.45) is 6.53. The van der Waals surface area contributed by atoms with Crippen molar-refractivity contribution >= 4 is 47.2 Å². The van der Waals surface area contributed by atoms with Crippen LogP contribution in [0, 0.1) is 29.6 Å². The van der Waals surface area contributed by atoms with Gasteiger partial charge in [-0.3, -0.25) is 4.79 Å². The molecule has 2 heterocycles. The van der Waals surface area contributed by atoms with Gasteiger partial charge in [0.25, 0.3) is 0 Å². The van der Waals surface area contributed by atoms with Crippen LogP contribution in [0.1, 0.15) is 64.0 Å². The molecule has 1 aliphatic carbocycles. The number of aromatic nitrogens is 2. The molecule has 5 rings (SSSR count). The minimum Gasteiger partial charge on any atom is -0.460 e. The number of para-hydroxylation sites is 1. The number of carbonyl (C=O) groups excluding carboxylic acids is 1. The fourth-order valence-corrected chi connectivity index (χ4v) is 7.73. The van der Waals surface area contributed by atoms with Gasteiger partial charge in [0.2, 0.25) is 5.95 Å². The Morgan fingerprint density at radius 1 is 1.14 bits per heavy atom. The molecule has 44 heavy (non-hydrogen) atoms. The molecule has 0 amide bonds. The molecule has 9 nitrogen and oxygen atoms in total. The molecule has 1 aromatic heterocycles. The molecule has 2 fully saturated rings. The van der Waals surface area contributed by atoms with Crippen molar-refractivity contribution in [3.8, 4) is 6.07 Å². The number of nitrogens with one attached hydrogen (secondary N) is 2. The Bertz CT molecular complexity index is 1620. The minimum atomic E-state index is -2.55. The van der Waals surface area contributed by atoms with Crippen molar-refractivity contribution in [2.45, 2.75) is 65.4 Å². The van der Waals surface area contributed by atoms with E-state index in [-0.39, 0.29) is 5.97 Å². The zero-order chi connectivity index (χ0) is 31.7. The SMILES string of the molecule is Cc1cc(Nc2ncc(C#N)c(Nc3ccccc3P(C)(C)=O)n2)ccc1N1CCC2(CC1)CC(CC(=O)OC(C)(C)C)C2. The third kappa shape index (κ3) is 7.42. The van der Waals surface area contributed by atoms with Crippen molar-refractivity contribution in [2.75, 3.05) is 42.0 Å². The van der Waals surface area contributed by atoms with Crippen LogP contribution in [0.25, 0.3) is 0 Å². The lowest BCUT2D eigenvalue weighted by Crippen LogP contribution is -2.48. The number of esters is 1. The van der Waals surface area contributed by atoms with Crippen LogP contribution in [0.15, 0.2) is 48.7 Å². The number of piperidine rings is 1. The maximum Gasteiger partial charge on any atom is 0.306 e. The molecular weight excluding hydrogens is 571 g/mol. The van der Waals surface area contributed by atoms with Crippen LogP contribution in [0.5, 0.6) is 0 Å². The van der Waals surface area contributed by atoms with Gasteiger partial charge in [-0.1, -0.05) is 12.1 Å². The van der Waals surface area contributed by atoms with Gasteiger partial charge in [-0.25, -0.2) is 4.98 Å². The summed E-state index contributed by atoms with van der Waals surface area (Å²) in [4.78, 5) is 23.6. The van der Waals surface area contributed by atoms with Gasteiger partial charge in [0.05, 0.1) is 11.9 Å². The molecule has 0 bridgehead atoms. The van der Waals surface area contributed by atoms with Crippen LogP contribution in [-0.2, 0) is 14.1 Å². The fourth-order valence-electron chi connectivity index (χ4n) is 6.57. The Labute approximate surface area is 260 Å². The number of aryl methyl sites for hydroxylation is 1. The van der Waals surface area contributed by atoms with E-state index in [1.165, 1.54) is 11.9 Å². The first kappa shape index (κ1) is 31.5. The van der Waals surface area contributed by atoms with E-state index in [9.17, 15) is 14.6 Å². The molecule has 10 heteroatoms. The van der Waals surface area contributed by atoms with Gasteiger partial charge in [0.15, 0.2) is 5.82 Å². The molecule has 2 aliphatic rings. The molecule has 1 saturated carbocycles. The molecule has 2 aromatic carbocycles. The lowest BCUT2D eigenvalue weighted by atomic mass is 9.57. The van der Waals surface area contributed by atoms with E-state index >= 15 is 0 Å². The van der Waals surface area contributed by atoms with Crippen LogP contribution in [0.2, 0.25) is 0 Å². The summed E-state index contributed by atoms with van der Waals surface area (Å²) in [5, 5.41) is 16.9. The van der Waals surface area contributed by atoms with Gasteiger partial charge in [-0.15, -0.1) is 0 Å². The third-order valence-electron chi connectivity index (χ3n) is 8.58. The molecule has 0 atom stereocenters. The summed E-state index contributed by atoms with van der Waals surface area (Å²) < 4.78 is 18.4. The van der Waals surface area contributed by atoms with Crippen LogP contribution in [-0.4, -0.2) is 48.0 Å². The topological polar surface area (TPSA) is 120 Å². The highest BCUT2D eigenvalue weighted by atomic mass is 31.2. The van der Waals surface area contributed by atoms with Gasteiger partial charge in [-0.2, -0.15) is 10.2 Å². The second kappa shape index (κ2) is 12.2. The molecule has 3 aromatic rings. The van der Waals surface area contributed by atoms with E-state index in [0.717, 1.165) is 50.0 Å². The predicted octanol–water partition coefficient (Wildman–Crippen LogP) is 7.12. The minimum absolute atomic E-state index is 0.0761. The van der Waals surface area contributed by atoms with E-state index in [0.29, 0.717) is 46.1 Å². The number of carbonyl (C=O) groups is 1. The number of benzene rings is 2. The Morgan fingerprint density at radius 2 is 1.84 bits per heavy atom. The molecule has 232 valence electrons. The smallest absolute Gasteiger partial charge is 0.306 e. The number of nitrogens with zero attached hydrogens (tertiary/aromatic N) is 4. The summed E-state index contributed by atoms with van der Waals surface area (Å²) in [5.74, 6) is 1.08. The predicted molar refractivity (Wildman–Crippen MR) is 177 cm³/mol. The van der Waals surface area contributed by atoms with Gasteiger partial charge in [-0.05, 0) is 114 Å². The van der Waals surface area contributed by atoms with Gasteiger partial charge < -0.3 is 24.8 Å². The summed E-state index contributed by atoms with van der Waals surface area (Å²) >= 11 is 0. The van der Waals surface area contributed by atoms with Crippen molar-refractivity contribution in [3.63, 3.8) is 0 Å². The largest absolute Gasteiger partial charge is 0.460 e. The van der Waals surface area contributed by atoms with E-state index in [2.05, 4.69) is 50.6 Å². The molecular formula is C34H43N6O3P. The number of anilines is 5. The standard InChI is InChI=1S/C34H43N6O3P/c1-23-17-26(37-32-36-22-25(21-35)31(39-32)38-27-9-7-8-10-29(27)44(5,6)42)11-12-28(23)40-15-13-34(14-16-40)19-24(20-34)18-30(41)43-33(2,3)4/h7-12,17,22,24H,13-16,18-20H2,1-6H3,(H2,36,37,38,39). The number of nitriles is 1. The van der Waals surface area contributed by atoms with Crippen molar-refractivity contribution in [1.82, 2.24) is 9.97 Å². The highest BCUT2D eigenvalue weighted by Gasteiger charge is 2.46. The summed E-state index contributed by atoms with van der Waals surface area (Å²) in [5.41, 5.74) is 4.12. The van der Waals surface area contributed by atoms with Gasteiger partial charge in [0, 0.05) is 36.2 Å². The Kier molecular flexibility index (Phi) is 8.77. The van der Waals surface area contributed by atoms with E-state index < -0.39 is 12.7 Å². The van der Waals surface area contributed by atoms with E-state index in [1.807, 2.05) is 51.1 Å². The quantitative estimate of drug-likeness (QED) is 0.202. The Hall–Kier alpha value is -3.89. The summed E-state index contributed by atoms with van der Waals surface area (Å²) in [6, 6.07) is 15.8. The summed E-state index contributed by atoms with van der Waals surface area (Å²) in [7, 11) is -2.55. The van der Waals surface area contributed by atoms with E-state index in [4.69, 9.17) is 4.74 Å². The average Bonchev–Trinajstić information content (AvgIpc) is 2.92. The monoisotopic (exact) mass is 614 g/mol. The Balaban J connectivity index is 1.20. The normalized spacial score (nSPS) is 16.6. The number of ether oxygens (including phenoxy) is 1. The van der Waals surface area contributed by atoms with Gasteiger partial charge >= 0.3 is 5.97 Å². The van der Waals surface area contributed by atoms with Gasteiger partial charge in [0.1, 0.15) is 24.4 Å². The van der Waals surface area contributed by atoms with Crippen LogP contribution in [0.4, 0.5) is 28.8 Å². The second-order valence-corrected chi connectivity index (χ2v) is 16.9. The third-order valence-corrected chi connectivity index (χ3v) is 10.1. The lowest BCUT2D eigenvalue weighted by molar-refractivity contribution is -0.158. The first-order valence-electron chi connectivity index (χ1n) is 15.3. The van der Waals surface area contributed by atoms with Crippen LogP contribution >= 0.6 is 7.14 Å². The molecule has 1 aliphatic heterocycles. The lowest BCUT2D eigenvalue weighted by Gasteiger charge is -2.52.